The van der Waals surface area contributed by atoms with Gasteiger partial charge in [0.05, 0.1) is 5.69 Å². The summed E-state index contributed by atoms with van der Waals surface area (Å²) in [7, 11) is 0. The van der Waals surface area contributed by atoms with Crippen molar-refractivity contribution in [3.8, 4) is 11.1 Å². The molecule has 0 radical (unpaired) electrons. The molecule has 0 amide bonds. The van der Waals surface area contributed by atoms with E-state index in [0.29, 0.717) is 10.6 Å². The fourth-order valence-electron chi connectivity index (χ4n) is 1.87. The van der Waals surface area contributed by atoms with Gasteiger partial charge >= 0.3 is 0 Å². The summed E-state index contributed by atoms with van der Waals surface area (Å²) in [6.45, 7) is 1.32. The highest BCUT2D eigenvalue weighted by molar-refractivity contribution is 6.77. The Hall–Kier alpha value is -1.000. The van der Waals surface area contributed by atoms with Crippen LogP contribution < -0.4 is 0 Å². The van der Waals surface area contributed by atoms with Crippen molar-refractivity contribution >= 4 is 58.1 Å². The lowest BCUT2D eigenvalue weighted by atomic mass is 10.1. The van der Waals surface area contributed by atoms with Crippen LogP contribution in [-0.2, 0) is 0 Å². The van der Waals surface area contributed by atoms with Crippen LogP contribution in [0.2, 0.25) is 5.02 Å². The molecular formula is C14H9Cl4NO2. The van der Waals surface area contributed by atoms with Gasteiger partial charge in [-0.3, -0.25) is 14.2 Å². The maximum absolute atomic E-state index is 12.1. The first-order valence-electron chi connectivity index (χ1n) is 5.81. The summed E-state index contributed by atoms with van der Waals surface area (Å²) in [5.74, 6) is -1.13. The molecular weight excluding hydrogens is 356 g/mol. The summed E-state index contributed by atoms with van der Waals surface area (Å²) >= 11 is 22.8. The number of halogens is 4. The lowest BCUT2D eigenvalue weighted by molar-refractivity contribution is 0.0905. The Bertz CT molecular complexity index is 716. The molecule has 110 valence electrons. The minimum absolute atomic E-state index is 0.0116. The highest BCUT2D eigenvalue weighted by atomic mass is 35.6. The SMILES string of the molecule is CC(=O)n1cc(-c2cccc(Cl)c2)cc1C(=O)C(Cl)(Cl)Cl. The van der Waals surface area contributed by atoms with Gasteiger partial charge in [0.1, 0.15) is 0 Å². The Morgan fingerprint density at radius 3 is 2.29 bits per heavy atom. The first kappa shape index (κ1) is 16.4. The van der Waals surface area contributed by atoms with E-state index >= 15 is 0 Å². The monoisotopic (exact) mass is 363 g/mol. The van der Waals surface area contributed by atoms with E-state index in [1.54, 1.807) is 24.3 Å². The topological polar surface area (TPSA) is 39.1 Å². The quantitative estimate of drug-likeness (QED) is 0.554. The molecule has 2 rings (SSSR count). The van der Waals surface area contributed by atoms with Gasteiger partial charge in [-0.2, -0.15) is 0 Å². The lowest BCUT2D eigenvalue weighted by Gasteiger charge is -2.10. The van der Waals surface area contributed by atoms with E-state index in [1.807, 2.05) is 0 Å². The Labute approximate surface area is 141 Å². The zero-order chi connectivity index (χ0) is 15.8. The van der Waals surface area contributed by atoms with Crippen molar-refractivity contribution < 1.29 is 9.59 Å². The Balaban J connectivity index is 2.57. The van der Waals surface area contributed by atoms with Crippen LogP contribution in [0.3, 0.4) is 0 Å². The van der Waals surface area contributed by atoms with Gasteiger partial charge < -0.3 is 0 Å². The molecule has 1 aromatic carbocycles. The largest absolute Gasteiger partial charge is 0.288 e. The van der Waals surface area contributed by atoms with Crippen LogP contribution in [0.4, 0.5) is 0 Å². The zero-order valence-electron chi connectivity index (χ0n) is 10.7. The fraction of sp³-hybridized carbons (Fsp3) is 0.143. The number of carbonyl (C=O) groups excluding carboxylic acids is 2. The molecule has 0 N–H and O–H groups in total. The summed E-state index contributed by atoms with van der Waals surface area (Å²) in [5, 5.41) is 0.539. The molecule has 21 heavy (non-hydrogen) atoms. The number of nitrogens with zero attached hydrogens (tertiary/aromatic N) is 1. The molecule has 0 spiro atoms. The van der Waals surface area contributed by atoms with Crippen LogP contribution in [0.1, 0.15) is 22.2 Å². The van der Waals surface area contributed by atoms with E-state index in [9.17, 15) is 9.59 Å². The number of ketones is 1. The fourth-order valence-corrected chi connectivity index (χ4v) is 2.35. The first-order chi connectivity index (χ1) is 9.70. The zero-order valence-corrected chi connectivity index (χ0v) is 13.8. The van der Waals surface area contributed by atoms with Gasteiger partial charge in [0.25, 0.3) is 3.79 Å². The van der Waals surface area contributed by atoms with Crippen LogP contribution in [0.15, 0.2) is 36.5 Å². The average molecular weight is 365 g/mol. The first-order valence-corrected chi connectivity index (χ1v) is 7.32. The molecule has 0 saturated heterocycles. The van der Waals surface area contributed by atoms with Crippen molar-refractivity contribution in [2.75, 3.05) is 0 Å². The molecule has 3 nitrogen and oxygen atoms in total. The third-order valence-electron chi connectivity index (χ3n) is 2.81. The number of Topliss-reactive ketones (excluding diaryl/α,β-unsaturated/α-hetero) is 1. The molecule has 0 unspecified atom stereocenters. The van der Waals surface area contributed by atoms with Crippen molar-refractivity contribution in [3.05, 3.63) is 47.2 Å². The summed E-state index contributed by atoms with van der Waals surface area (Å²) in [6, 6.07) is 8.50. The number of carbonyl (C=O) groups is 2. The standard InChI is InChI=1S/C14H9Cl4NO2/c1-8(20)19-7-10(9-3-2-4-11(15)5-9)6-12(19)13(21)14(16,17)18/h2-7H,1H3. The summed E-state index contributed by atoms with van der Waals surface area (Å²) < 4.78 is -0.975. The van der Waals surface area contributed by atoms with Gasteiger partial charge in [0, 0.05) is 23.7 Å². The van der Waals surface area contributed by atoms with Gasteiger partial charge in [-0.25, -0.2) is 0 Å². The van der Waals surface area contributed by atoms with E-state index in [0.717, 1.165) is 10.1 Å². The van der Waals surface area contributed by atoms with Crippen LogP contribution in [0, 0.1) is 0 Å². The van der Waals surface area contributed by atoms with Crippen LogP contribution >= 0.6 is 46.4 Å². The molecule has 0 aliphatic carbocycles. The van der Waals surface area contributed by atoms with Crippen molar-refractivity contribution in [1.29, 1.82) is 0 Å². The number of aromatic nitrogens is 1. The van der Waals surface area contributed by atoms with Crippen LogP contribution in [-0.4, -0.2) is 20.1 Å². The Morgan fingerprint density at radius 1 is 1.10 bits per heavy atom. The van der Waals surface area contributed by atoms with Crippen molar-refractivity contribution in [1.82, 2.24) is 4.57 Å². The van der Waals surface area contributed by atoms with Crippen molar-refractivity contribution in [2.24, 2.45) is 0 Å². The highest BCUT2D eigenvalue weighted by Gasteiger charge is 2.34. The van der Waals surface area contributed by atoms with Crippen LogP contribution in [0.5, 0.6) is 0 Å². The number of hydrogen-bond acceptors (Lipinski definition) is 2. The van der Waals surface area contributed by atoms with E-state index in [4.69, 9.17) is 46.4 Å². The number of benzene rings is 1. The third-order valence-corrected chi connectivity index (χ3v) is 3.56. The maximum Gasteiger partial charge on any atom is 0.255 e. The van der Waals surface area contributed by atoms with Crippen LogP contribution in [0.25, 0.3) is 11.1 Å². The molecule has 1 heterocycles. The molecule has 0 aliphatic heterocycles. The molecule has 0 aliphatic rings. The Morgan fingerprint density at radius 2 is 1.76 bits per heavy atom. The summed E-state index contributed by atoms with van der Waals surface area (Å²) in [4.78, 5) is 23.8. The molecule has 7 heteroatoms. The number of rotatable bonds is 2. The van der Waals surface area contributed by atoms with Crippen molar-refractivity contribution in [3.63, 3.8) is 0 Å². The lowest BCUT2D eigenvalue weighted by Crippen LogP contribution is -2.23. The van der Waals surface area contributed by atoms with Crippen molar-refractivity contribution in [2.45, 2.75) is 10.7 Å². The second-order valence-electron chi connectivity index (χ2n) is 4.34. The predicted molar refractivity (Wildman–Crippen MR) is 85.8 cm³/mol. The van der Waals surface area contributed by atoms with Gasteiger partial charge in [0.15, 0.2) is 0 Å². The Kier molecular flexibility index (Phi) is 4.69. The smallest absolute Gasteiger partial charge is 0.255 e. The molecule has 0 atom stereocenters. The highest BCUT2D eigenvalue weighted by Crippen LogP contribution is 2.33. The van der Waals surface area contributed by atoms with Gasteiger partial charge in [-0.1, -0.05) is 58.5 Å². The summed E-state index contributed by atoms with van der Waals surface area (Å²) in [6.07, 6.45) is 1.51. The second kappa shape index (κ2) is 6.01. The number of hydrogen-bond donors (Lipinski definition) is 0. The molecule has 0 saturated carbocycles. The van der Waals surface area contributed by atoms with Gasteiger partial charge in [0.2, 0.25) is 11.7 Å². The summed E-state index contributed by atoms with van der Waals surface area (Å²) in [5.41, 5.74) is 1.39. The van der Waals surface area contributed by atoms with Gasteiger partial charge in [-0.05, 0) is 23.8 Å². The second-order valence-corrected chi connectivity index (χ2v) is 7.06. The third kappa shape index (κ3) is 3.61. The minimum atomic E-state index is -2.13. The van der Waals surface area contributed by atoms with E-state index in [-0.39, 0.29) is 11.6 Å². The number of alkyl halides is 3. The van der Waals surface area contributed by atoms with Gasteiger partial charge in [-0.15, -0.1) is 0 Å². The van der Waals surface area contributed by atoms with E-state index < -0.39 is 9.58 Å². The molecule has 0 fully saturated rings. The maximum atomic E-state index is 12.1. The molecule has 1 aromatic heterocycles. The molecule has 0 bridgehead atoms. The van der Waals surface area contributed by atoms with E-state index in [2.05, 4.69) is 0 Å². The minimum Gasteiger partial charge on any atom is -0.288 e. The van der Waals surface area contributed by atoms with E-state index in [1.165, 1.54) is 19.2 Å². The normalized spacial score (nSPS) is 11.5. The predicted octanol–water partition coefficient (Wildman–Crippen LogP) is 5.02. The average Bonchev–Trinajstić information content (AvgIpc) is 2.81. The molecule has 2 aromatic rings.